The molecule has 0 spiro atoms. The molecule has 10 heteroatoms. The molecule has 9 nitrogen and oxygen atoms in total. The maximum absolute atomic E-state index is 14.9. The lowest BCUT2D eigenvalue weighted by Crippen LogP contribution is -2.61. The number of hydrogen-bond acceptors (Lipinski definition) is 7. The van der Waals surface area contributed by atoms with E-state index in [0.717, 1.165) is 16.7 Å². The quantitative estimate of drug-likeness (QED) is 0.148. The summed E-state index contributed by atoms with van der Waals surface area (Å²) in [6, 6.07) is 33.1. The van der Waals surface area contributed by atoms with E-state index in [2.05, 4.69) is 5.32 Å². The second kappa shape index (κ2) is 17.0. The van der Waals surface area contributed by atoms with Gasteiger partial charge in [-0.25, -0.2) is 18.0 Å². The standard InChI is InChI=1S/C41H50N2O7S/c1-40(2,3)49-38(45)42-34(27-30-19-11-7-12-20-30)37(51(47,48)33-25-17-10-18-26-33)36(44)35(28-31-21-13-8-14-22-31)43(39(46)50-41(4,5)6)29-32-23-15-9-16-24-32/h7-26,34-37,44H,27-29H2,1-6H3,(H,42,45). The highest BCUT2D eigenvalue weighted by Crippen LogP contribution is 2.30. The summed E-state index contributed by atoms with van der Waals surface area (Å²) in [5.74, 6) is 0. The van der Waals surface area contributed by atoms with Gasteiger partial charge in [-0.15, -0.1) is 0 Å². The van der Waals surface area contributed by atoms with Crippen molar-refractivity contribution < 1.29 is 32.6 Å². The maximum Gasteiger partial charge on any atom is 0.410 e. The van der Waals surface area contributed by atoms with Crippen LogP contribution in [0.4, 0.5) is 9.59 Å². The zero-order chi connectivity index (χ0) is 37.2. The molecule has 4 unspecified atom stereocenters. The second-order valence-corrected chi connectivity index (χ2v) is 16.7. The van der Waals surface area contributed by atoms with Crippen molar-refractivity contribution in [3.63, 3.8) is 0 Å². The average Bonchev–Trinajstić information content (AvgIpc) is 3.06. The molecular formula is C41H50N2O7S. The third kappa shape index (κ3) is 11.7. The molecule has 4 rings (SSSR count). The molecule has 4 atom stereocenters. The Morgan fingerprint density at radius 1 is 0.667 bits per heavy atom. The van der Waals surface area contributed by atoms with Crippen molar-refractivity contribution in [1.29, 1.82) is 0 Å². The smallest absolute Gasteiger partial charge is 0.410 e. The summed E-state index contributed by atoms with van der Waals surface area (Å²) in [7, 11) is -4.41. The molecule has 0 saturated heterocycles. The molecule has 0 heterocycles. The van der Waals surface area contributed by atoms with Crippen LogP contribution in [0.2, 0.25) is 0 Å². The first kappa shape index (κ1) is 39.1. The molecule has 0 radical (unpaired) electrons. The SMILES string of the molecule is CC(C)(C)OC(=O)NC(Cc1ccccc1)C(C(O)C(Cc1ccccc1)N(Cc1ccccc1)C(=O)OC(C)(C)C)S(=O)(=O)c1ccccc1. The first-order chi connectivity index (χ1) is 24.0. The van der Waals surface area contributed by atoms with E-state index in [0.29, 0.717) is 0 Å². The van der Waals surface area contributed by atoms with Crippen molar-refractivity contribution in [2.45, 2.75) is 100 Å². The van der Waals surface area contributed by atoms with Crippen molar-refractivity contribution >= 4 is 22.0 Å². The molecule has 0 aromatic heterocycles. The number of ether oxygens (including phenoxy) is 2. The van der Waals surface area contributed by atoms with E-state index in [-0.39, 0.29) is 24.3 Å². The van der Waals surface area contributed by atoms with E-state index in [9.17, 15) is 23.1 Å². The highest BCUT2D eigenvalue weighted by atomic mass is 32.2. The number of carbonyl (C=O) groups excluding carboxylic acids is 2. The predicted octanol–water partition coefficient (Wildman–Crippen LogP) is 7.37. The van der Waals surface area contributed by atoms with Gasteiger partial charge in [0.1, 0.15) is 16.5 Å². The third-order valence-electron chi connectivity index (χ3n) is 8.07. The van der Waals surface area contributed by atoms with Gasteiger partial charge in [-0.3, -0.25) is 4.90 Å². The number of amides is 2. The summed E-state index contributed by atoms with van der Waals surface area (Å²) < 4.78 is 41.4. The summed E-state index contributed by atoms with van der Waals surface area (Å²) >= 11 is 0. The molecular weight excluding hydrogens is 665 g/mol. The molecule has 0 aliphatic carbocycles. The topological polar surface area (TPSA) is 122 Å². The minimum absolute atomic E-state index is 0.0191. The Hall–Kier alpha value is -4.67. The Kier molecular flexibility index (Phi) is 13.1. The Balaban J connectivity index is 1.95. The summed E-state index contributed by atoms with van der Waals surface area (Å²) in [6.07, 6.45) is -3.18. The van der Waals surface area contributed by atoms with Crippen LogP contribution in [-0.2, 0) is 38.7 Å². The molecule has 4 aromatic rings. The van der Waals surface area contributed by atoms with Crippen molar-refractivity contribution in [1.82, 2.24) is 10.2 Å². The number of sulfone groups is 1. The Morgan fingerprint density at radius 3 is 1.57 bits per heavy atom. The predicted molar refractivity (Wildman–Crippen MR) is 199 cm³/mol. The fourth-order valence-electron chi connectivity index (χ4n) is 5.89. The average molecular weight is 715 g/mol. The second-order valence-electron chi connectivity index (χ2n) is 14.6. The molecule has 2 N–H and O–H groups in total. The number of nitrogens with zero attached hydrogens (tertiary/aromatic N) is 1. The molecule has 0 aliphatic rings. The van der Waals surface area contributed by atoms with Crippen LogP contribution in [0, 0.1) is 0 Å². The highest BCUT2D eigenvalue weighted by Gasteiger charge is 2.47. The van der Waals surface area contributed by atoms with Crippen LogP contribution in [0.15, 0.2) is 126 Å². The number of aliphatic hydroxyl groups is 1. The van der Waals surface area contributed by atoms with Crippen LogP contribution < -0.4 is 5.32 Å². The molecule has 51 heavy (non-hydrogen) atoms. The van der Waals surface area contributed by atoms with Gasteiger partial charge in [0.15, 0.2) is 9.84 Å². The molecule has 0 fully saturated rings. The Labute approximate surface area is 302 Å². The van der Waals surface area contributed by atoms with E-state index in [1.165, 1.54) is 17.0 Å². The van der Waals surface area contributed by atoms with E-state index in [1.54, 1.807) is 59.7 Å². The molecule has 0 bridgehead atoms. The van der Waals surface area contributed by atoms with E-state index in [4.69, 9.17) is 9.47 Å². The fraction of sp³-hybridized carbons (Fsp3) is 0.366. The number of benzene rings is 4. The van der Waals surface area contributed by atoms with Gasteiger partial charge >= 0.3 is 12.2 Å². The monoisotopic (exact) mass is 714 g/mol. The number of hydrogen-bond donors (Lipinski definition) is 2. The molecule has 0 aliphatic heterocycles. The number of carbonyl (C=O) groups is 2. The van der Waals surface area contributed by atoms with E-state index in [1.807, 2.05) is 91.0 Å². The van der Waals surface area contributed by atoms with Crippen molar-refractivity contribution in [2.24, 2.45) is 0 Å². The van der Waals surface area contributed by atoms with E-state index < -0.39 is 56.7 Å². The highest BCUT2D eigenvalue weighted by molar-refractivity contribution is 7.92. The van der Waals surface area contributed by atoms with Gasteiger partial charge in [-0.05, 0) is 83.2 Å². The summed E-state index contributed by atoms with van der Waals surface area (Å²) in [5.41, 5.74) is 0.472. The largest absolute Gasteiger partial charge is 0.444 e. The van der Waals surface area contributed by atoms with Gasteiger partial charge in [0.25, 0.3) is 0 Å². The van der Waals surface area contributed by atoms with Gasteiger partial charge < -0.3 is 19.9 Å². The summed E-state index contributed by atoms with van der Waals surface area (Å²) in [6.45, 7) is 10.4. The van der Waals surface area contributed by atoms with Gasteiger partial charge in [0, 0.05) is 6.54 Å². The third-order valence-corrected chi connectivity index (χ3v) is 10.3. The molecule has 4 aromatic carbocycles. The van der Waals surface area contributed by atoms with Crippen molar-refractivity contribution in [3.8, 4) is 0 Å². The minimum Gasteiger partial charge on any atom is -0.444 e. The van der Waals surface area contributed by atoms with Crippen LogP contribution in [0.5, 0.6) is 0 Å². The summed E-state index contributed by atoms with van der Waals surface area (Å²) in [5, 5.41) is 14.0. The number of nitrogens with one attached hydrogen (secondary N) is 1. The van der Waals surface area contributed by atoms with E-state index >= 15 is 0 Å². The number of alkyl carbamates (subject to hydrolysis) is 1. The van der Waals surface area contributed by atoms with Gasteiger partial charge in [0.05, 0.1) is 23.1 Å². The van der Waals surface area contributed by atoms with Gasteiger partial charge in [-0.1, -0.05) is 109 Å². The van der Waals surface area contributed by atoms with Crippen molar-refractivity contribution in [3.05, 3.63) is 138 Å². The van der Waals surface area contributed by atoms with Crippen molar-refractivity contribution in [2.75, 3.05) is 0 Å². The molecule has 272 valence electrons. The minimum atomic E-state index is -4.41. The van der Waals surface area contributed by atoms with Crippen LogP contribution >= 0.6 is 0 Å². The maximum atomic E-state index is 14.9. The lowest BCUT2D eigenvalue weighted by atomic mass is 9.92. The Bertz CT molecular complexity index is 1790. The van der Waals surface area contributed by atoms with Crippen LogP contribution in [0.3, 0.4) is 0 Å². The van der Waals surface area contributed by atoms with Gasteiger partial charge in [-0.2, -0.15) is 0 Å². The lowest BCUT2D eigenvalue weighted by Gasteiger charge is -2.41. The zero-order valence-electron chi connectivity index (χ0n) is 30.2. The lowest BCUT2D eigenvalue weighted by molar-refractivity contribution is -0.0120. The molecule has 2 amide bonds. The van der Waals surface area contributed by atoms with Crippen LogP contribution in [-0.4, -0.2) is 65.3 Å². The zero-order valence-corrected chi connectivity index (χ0v) is 31.0. The summed E-state index contributed by atoms with van der Waals surface area (Å²) in [4.78, 5) is 29.0. The van der Waals surface area contributed by atoms with Crippen LogP contribution in [0.25, 0.3) is 0 Å². The Morgan fingerprint density at radius 2 is 1.10 bits per heavy atom. The first-order valence-electron chi connectivity index (χ1n) is 17.1. The molecule has 0 saturated carbocycles. The van der Waals surface area contributed by atoms with Gasteiger partial charge in [0.2, 0.25) is 0 Å². The number of rotatable bonds is 13. The first-order valence-corrected chi connectivity index (χ1v) is 18.7. The normalized spacial score (nSPS) is 14.4. The van der Waals surface area contributed by atoms with Crippen LogP contribution in [0.1, 0.15) is 58.2 Å². The number of aliphatic hydroxyl groups excluding tert-OH is 1. The fourth-order valence-corrected chi connectivity index (χ4v) is 7.89.